The number of aliphatic imine (C=N–C) groups is 1. The summed E-state index contributed by atoms with van der Waals surface area (Å²) in [4.78, 5) is 20.5. The smallest absolute Gasteiger partial charge is 0.308 e. The number of esters is 1. The molecule has 1 heterocycles. The first-order valence-corrected chi connectivity index (χ1v) is 9.47. The van der Waals surface area contributed by atoms with Gasteiger partial charge in [0, 0.05) is 31.7 Å². The molecule has 1 N–H and O–H groups in total. The highest BCUT2D eigenvalue weighted by atomic mass is 19.1. The number of nitrogens with one attached hydrogen (secondary N) is 1. The number of halogens is 1. The van der Waals surface area contributed by atoms with Crippen LogP contribution in [0.4, 0.5) is 4.39 Å². The molecule has 0 bridgehead atoms. The van der Waals surface area contributed by atoms with Gasteiger partial charge in [0.2, 0.25) is 0 Å². The number of benzene rings is 1. The Labute approximate surface area is 161 Å². The number of rotatable bonds is 6. The summed E-state index contributed by atoms with van der Waals surface area (Å²) in [6, 6.07) is 5.18. The Balaban J connectivity index is 2.04. The average molecular weight is 378 g/mol. The van der Waals surface area contributed by atoms with Gasteiger partial charge >= 0.3 is 5.97 Å². The fraction of sp³-hybridized carbons (Fsp3) is 0.600. The Hall–Kier alpha value is -2.15. The van der Waals surface area contributed by atoms with Gasteiger partial charge in [0.15, 0.2) is 5.96 Å². The van der Waals surface area contributed by atoms with Crippen molar-refractivity contribution in [1.29, 1.82) is 0 Å². The molecule has 1 aromatic carbocycles. The zero-order chi connectivity index (χ0) is 19.8. The lowest BCUT2D eigenvalue weighted by Crippen LogP contribution is -2.46. The highest BCUT2D eigenvalue weighted by Gasteiger charge is 2.26. The van der Waals surface area contributed by atoms with Crippen LogP contribution >= 0.6 is 0 Å². The van der Waals surface area contributed by atoms with Gasteiger partial charge in [-0.05, 0) is 51.6 Å². The lowest BCUT2D eigenvalue weighted by molar-refractivity contribution is -0.146. The quantitative estimate of drug-likeness (QED) is 0.467. The van der Waals surface area contributed by atoms with Gasteiger partial charge in [0.05, 0.1) is 19.6 Å². The van der Waals surface area contributed by atoms with Crippen LogP contribution < -0.4 is 5.32 Å². The summed E-state index contributed by atoms with van der Waals surface area (Å²) in [7, 11) is 5.28. The molecule has 2 rings (SSSR count). The number of ether oxygens (including phenoxy) is 1. The Morgan fingerprint density at radius 2 is 2.07 bits per heavy atom. The maximum Gasteiger partial charge on any atom is 0.308 e. The van der Waals surface area contributed by atoms with E-state index >= 15 is 0 Å². The number of carbonyl (C=O) groups is 1. The Morgan fingerprint density at radius 3 is 2.67 bits per heavy atom. The maximum atomic E-state index is 14.0. The molecule has 0 saturated carbocycles. The van der Waals surface area contributed by atoms with E-state index < -0.39 is 0 Å². The van der Waals surface area contributed by atoms with Crippen molar-refractivity contribution in [3.8, 4) is 0 Å². The molecule has 150 valence electrons. The van der Waals surface area contributed by atoms with E-state index in [1.54, 1.807) is 6.07 Å². The van der Waals surface area contributed by atoms with Crippen LogP contribution in [0.1, 0.15) is 30.9 Å². The summed E-state index contributed by atoms with van der Waals surface area (Å²) < 4.78 is 18.8. The molecular formula is C20H31FN4O2. The second-order valence-electron chi connectivity index (χ2n) is 7.12. The number of carbonyl (C=O) groups excluding carboxylic acids is 1. The minimum absolute atomic E-state index is 0.0279. The van der Waals surface area contributed by atoms with Crippen LogP contribution in [0.15, 0.2) is 23.2 Å². The molecule has 0 aliphatic carbocycles. The monoisotopic (exact) mass is 378 g/mol. The summed E-state index contributed by atoms with van der Waals surface area (Å²) in [5, 5.41) is 3.32. The topological polar surface area (TPSA) is 57.2 Å². The summed E-state index contributed by atoms with van der Waals surface area (Å²) in [6.07, 6.45) is 1.53. The van der Waals surface area contributed by atoms with Gasteiger partial charge in [-0.2, -0.15) is 0 Å². The first kappa shape index (κ1) is 21.2. The molecule has 0 spiro atoms. The molecule has 1 fully saturated rings. The molecule has 0 unspecified atom stereocenters. The molecule has 1 aliphatic heterocycles. The van der Waals surface area contributed by atoms with E-state index in [9.17, 15) is 9.18 Å². The van der Waals surface area contributed by atoms with Crippen LogP contribution in [0.3, 0.4) is 0 Å². The Bertz CT molecular complexity index is 655. The van der Waals surface area contributed by atoms with Gasteiger partial charge in [0.25, 0.3) is 0 Å². The highest BCUT2D eigenvalue weighted by molar-refractivity contribution is 5.80. The van der Waals surface area contributed by atoms with Crippen LogP contribution in [0.25, 0.3) is 0 Å². The fourth-order valence-corrected chi connectivity index (χ4v) is 3.27. The van der Waals surface area contributed by atoms with Crippen molar-refractivity contribution in [2.24, 2.45) is 10.9 Å². The van der Waals surface area contributed by atoms with Crippen molar-refractivity contribution in [1.82, 2.24) is 15.1 Å². The van der Waals surface area contributed by atoms with Crippen molar-refractivity contribution in [2.75, 3.05) is 40.8 Å². The van der Waals surface area contributed by atoms with E-state index in [4.69, 9.17) is 9.73 Å². The van der Waals surface area contributed by atoms with Crippen LogP contribution in [0.2, 0.25) is 0 Å². The first-order valence-electron chi connectivity index (χ1n) is 9.47. The van der Waals surface area contributed by atoms with Crippen molar-refractivity contribution < 1.29 is 13.9 Å². The second-order valence-corrected chi connectivity index (χ2v) is 7.12. The third kappa shape index (κ3) is 6.20. The number of hydrogen-bond donors (Lipinski definition) is 1. The van der Waals surface area contributed by atoms with Crippen molar-refractivity contribution in [2.45, 2.75) is 32.9 Å². The molecule has 0 atom stereocenters. The molecule has 27 heavy (non-hydrogen) atoms. The molecule has 6 nitrogen and oxygen atoms in total. The molecular weight excluding hydrogens is 347 g/mol. The number of methoxy groups -OCH3 is 1. The molecule has 1 saturated heterocycles. The van der Waals surface area contributed by atoms with E-state index in [1.165, 1.54) is 13.2 Å². The van der Waals surface area contributed by atoms with E-state index in [0.717, 1.165) is 44.0 Å². The van der Waals surface area contributed by atoms with Crippen molar-refractivity contribution >= 4 is 11.9 Å². The first-order chi connectivity index (χ1) is 12.9. The summed E-state index contributed by atoms with van der Waals surface area (Å²) in [5.74, 6) is 0.489. The van der Waals surface area contributed by atoms with Crippen molar-refractivity contribution in [3.05, 3.63) is 35.1 Å². The molecule has 1 aliphatic rings. The van der Waals surface area contributed by atoms with Gasteiger partial charge in [-0.3, -0.25) is 4.79 Å². The van der Waals surface area contributed by atoms with Gasteiger partial charge in [-0.25, -0.2) is 9.38 Å². The number of piperidine rings is 1. The van der Waals surface area contributed by atoms with E-state index in [1.807, 2.05) is 32.0 Å². The van der Waals surface area contributed by atoms with Gasteiger partial charge in [-0.15, -0.1) is 0 Å². The zero-order valence-electron chi connectivity index (χ0n) is 16.8. The average Bonchev–Trinajstić information content (AvgIpc) is 2.66. The fourth-order valence-electron chi connectivity index (χ4n) is 3.27. The zero-order valence-corrected chi connectivity index (χ0v) is 16.8. The van der Waals surface area contributed by atoms with Gasteiger partial charge < -0.3 is 19.9 Å². The van der Waals surface area contributed by atoms with Crippen molar-refractivity contribution in [3.63, 3.8) is 0 Å². The minimum Gasteiger partial charge on any atom is -0.469 e. The highest BCUT2D eigenvalue weighted by Crippen LogP contribution is 2.19. The molecule has 7 heteroatoms. The van der Waals surface area contributed by atoms with E-state index in [2.05, 4.69) is 10.2 Å². The standard InChI is InChI=1S/C20H31FN4O2/c1-5-22-20(25-10-8-16(9-11-25)19(26)27-4)23-13-15-6-7-18(21)17(12-15)14-24(2)3/h6-7,12,16H,5,8-11,13-14H2,1-4H3,(H,22,23). The second kappa shape index (κ2) is 10.3. The predicted molar refractivity (Wildman–Crippen MR) is 105 cm³/mol. The van der Waals surface area contributed by atoms with Crippen LogP contribution in [-0.2, 0) is 22.6 Å². The van der Waals surface area contributed by atoms with Crippen LogP contribution in [0.5, 0.6) is 0 Å². The SMILES string of the molecule is CCNC(=NCc1ccc(F)c(CN(C)C)c1)N1CCC(C(=O)OC)CC1. The number of hydrogen-bond acceptors (Lipinski definition) is 4. The summed E-state index contributed by atoms with van der Waals surface area (Å²) in [5.41, 5.74) is 1.66. The predicted octanol–water partition coefficient (Wildman–Crippen LogP) is 2.24. The maximum absolute atomic E-state index is 14.0. The minimum atomic E-state index is -0.187. The van der Waals surface area contributed by atoms with E-state index in [0.29, 0.717) is 18.7 Å². The Morgan fingerprint density at radius 1 is 1.37 bits per heavy atom. The molecule has 0 amide bonds. The summed E-state index contributed by atoms with van der Waals surface area (Å²) >= 11 is 0. The van der Waals surface area contributed by atoms with Gasteiger partial charge in [-0.1, -0.05) is 6.07 Å². The third-order valence-corrected chi connectivity index (χ3v) is 4.67. The molecule has 0 aromatic heterocycles. The number of nitrogens with zero attached hydrogens (tertiary/aromatic N) is 3. The largest absolute Gasteiger partial charge is 0.469 e. The molecule has 1 aromatic rings. The van der Waals surface area contributed by atoms with E-state index in [-0.39, 0.29) is 17.7 Å². The summed E-state index contributed by atoms with van der Waals surface area (Å²) in [6.45, 7) is 5.38. The van der Waals surface area contributed by atoms with Crippen LogP contribution in [0, 0.1) is 11.7 Å². The third-order valence-electron chi connectivity index (χ3n) is 4.67. The number of likely N-dealkylation sites (tertiary alicyclic amines) is 1. The normalized spacial score (nSPS) is 15.9. The van der Waals surface area contributed by atoms with Gasteiger partial charge in [0.1, 0.15) is 5.82 Å². The van der Waals surface area contributed by atoms with Crippen LogP contribution in [-0.4, -0.2) is 62.6 Å². The molecule has 0 radical (unpaired) electrons. The Kier molecular flexibility index (Phi) is 8.03. The lowest BCUT2D eigenvalue weighted by Gasteiger charge is -2.33. The number of guanidine groups is 1. The lowest BCUT2D eigenvalue weighted by atomic mass is 9.97.